The third-order valence-corrected chi connectivity index (χ3v) is 17.5. The zero-order valence-electron chi connectivity index (χ0n) is 39.3. The van der Waals surface area contributed by atoms with Gasteiger partial charge in [0.05, 0.1) is 22.4 Å². The summed E-state index contributed by atoms with van der Waals surface area (Å²) in [4.78, 5) is 14.5. The maximum Gasteiger partial charge on any atom is 0.121 e. The van der Waals surface area contributed by atoms with Crippen LogP contribution in [-0.4, -0.2) is 32.8 Å². The van der Waals surface area contributed by atoms with Crippen molar-refractivity contribution in [2.45, 2.75) is 44.5 Å². The van der Waals surface area contributed by atoms with Crippen molar-refractivity contribution in [1.29, 1.82) is 0 Å². The first-order valence-electron chi connectivity index (χ1n) is 23.4. The molecule has 69 heavy (non-hydrogen) atoms. The number of imidazole rings is 1. The van der Waals surface area contributed by atoms with Gasteiger partial charge in [0, 0.05) is 31.2 Å². The molecular formula is C61H48GeIrN4O2-2. The molecule has 0 aliphatic rings. The smallest absolute Gasteiger partial charge is 0.121 e. The van der Waals surface area contributed by atoms with Gasteiger partial charge >= 0.3 is 170 Å². The Morgan fingerprint density at radius 2 is 1.29 bits per heavy atom. The summed E-state index contributed by atoms with van der Waals surface area (Å²) in [5.74, 6) is 8.72. The molecule has 0 spiro atoms. The largest absolute Gasteiger partial charge is 0.501 e. The molecule has 0 unspecified atom stereocenters. The zero-order chi connectivity index (χ0) is 46.3. The fraction of sp³-hybridized carbons (Fsp3) is 0.131. The van der Waals surface area contributed by atoms with E-state index >= 15 is 0 Å². The van der Waals surface area contributed by atoms with E-state index in [1.54, 1.807) is 0 Å². The molecular weight excluding hydrogens is 1090 g/mol. The van der Waals surface area contributed by atoms with Gasteiger partial charge in [-0.15, -0.1) is 18.2 Å². The summed E-state index contributed by atoms with van der Waals surface area (Å²) in [6.45, 7) is 6.54. The van der Waals surface area contributed by atoms with Crippen molar-refractivity contribution >= 4 is 105 Å². The summed E-state index contributed by atoms with van der Waals surface area (Å²) in [5, 5.41) is 11.5. The molecule has 8 heteroatoms. The quantitative estimate of drug-likeness (QED) is 0.0943. The number of benzene rings is 8. The van der Waals surface area contributed by atoms with Gasteiger partial charge in [-0.2, -0.15) is 0 Å². The van der Waals surface area contributed by atoms with Crippen molar-refractivity contribution in [2.24, 2.45) is 5.92 Å². The molecule has 8 aromatic carbocycles. The van der Waals surface area contributed by atoms with Crippen LogP contribution in [0.25, 0.3) is 116 Å². The Balaban J connectivity index is 0.000000159. The number of hydrogen-bond donors (Lipinski definition) is 0. The number of rotatable bonds is 6. The van der Waals surface area contributed by atoms with Crippen molar-refractivity contribution in [1.82, 2.24) is 19.5 Å². The molecule has 339 valence electrons. The molecule has 0 amide bonds. The molecule has 5 heterocycles. The topological polar surface area (TPSA) is 69.9 Å². The average Bonchev–Trinajstić information content (AvgIpc) is 4.04. The zero-order valence-corrected chi connectivity index (χ0v) is 43.8. The fourth-order valence-electron chi connectivity index (χ4n) is 10.0. The Morgan fingerprint density at radius 1 is 0.594 bits per heavy atom. The number of aromatic nitrogens is 4. The minimum absolute atomic E-state index is 0. The van der Waals surface area contributed by atoms with Crippen molar-refractivity contribution in [3.8, 4) is 28.3 Å². The minimum Gasteiger partial charge on any atom is -0.501 e. The van der Waals surface area contributed by atoms with E-state index in [2.05, 4.69) is 192 Å². The Hall–Kier alpha value is -6.90. The Kier molecular flexibility index (Phi) is 11.4. The maximum absolute atomic E-state index is 6.67. The van der Waals surface area contributed by atoms with Crippen LogP contribution in [0.4, 0.5) is 0 Å². The van der Waals surface area contributed by atoms with Crippen LogP contribution >= 0.6 is 0 Å². The summed E-state index contributed by atoms with van der Waals surface area (Å²) in [6, 6.07) is 62.0. The van der Waals surface area contributed by atoms with Crippen LogP contribution in [0.15, 0.2) is 173 Å². The Bertz CT molecular complexity index is 4120. The minimum atomic E-state index is -1.99. The van der Waals surface area contributed by atoms with E-state index in [9.17, 15) is 0 Å². The Labute approximate surface area is 416 Å². The van der Waals surface area contributed by atoms with Gasteiger partial charge in [-0.25, -0.2) is 0 Å². The van der Waals surface area contributed by atoms with Gasteiger partial charge in [0.2, 0.25) is 0 Å². The number of aryl methyl sites for hydroxylation is 1. The van der Waals surface area contributed by atoms with Crippen LogP contribution in [0, 0.1) is 25.0 Å². The van der Waals surface area contributed by atoms with E-state index in [4.69, 9.17) is 18.8 Å². The van der Waals surface area contributed by atoms with Gasteiger partial charge < -0.3 is 8.98 Å². The van der Waals surface area contributed by atoms with Crippen molar-refractivity contribution < 1.29 is 28.9 Å². The van der Waals surface area contributed by atoms with Crippen LogP contribution < -0.4 is 4.40 Å². The van der Waals surface area contributed by atoms with Gasteiger partial charge in [-0.05, 0) is 68.7 Å². The second-order valence-corrected chi connectivity index (χ2v) is 30.0. The summed E-state index contributed by atoms with van der Waals surface area (Å²) >= 11 is -1.99. The van der Waals surface area contributed by atoms with Gasteiger partial charge in [0.25, 0.3) is 0 Å². The molecule has 0 N–H and O–H groups in total. The van der Waals surface area contributed by atoms with E-state index in [-0.39, 0.29) is 20.1 Å². The third-order valence-electron chi connectivity index (χ3n) is 13.2. The molecule has 0 saturated heterocycles. The van der Waals surface area contributed by atoms with Crippen LogP contribution in [0.3, 0.4) is 0 Å². The molecule has 0 bridgehead atoms. The van der Waals surface area contributed by atoms with Crippen LogP contribution in [0.2, 0.25) is 17.3 Å². The van der Waals surface area contributed by atoms with E-state index in [0.717, 1.165) is 89.8 Å². The average molecular weight is 1130 g/mol. The van der Waals surface area contributed by atoms with Gasteiger partial charge in [-0.3, -0.25) is 4.98 Å². The third kappa shape index (κ3) is 7.93. The first kappa shape index (κ1) is 44.6. The first-order chi connectivity index (χ1) is 33.1. The van der Waals surface area contributed by atoms with E-state index < -0.39 is 13.3 Å². The van der Waals surface area contributed by atoms with E-state index in [0.29, 0.717) is 11.6 Å². The Morgan fingerprint density at radius 3 is 2.10 bits per heavy atom. The van der Waals surface area contributed by atoms with E-state index in [1.807, 2.05) is 31.2 Å². The van der Waals surface area contributed by atoms with Crippen molar-refractivity contribution in [3.63, 3.8) is 0 Å². The molecule has 13 rings (SSSR count). The van der Waals surface area contributed by atoms with Crippen molar-refractivity contribution in [2.75, 3.05) is 0 Å². The summed E-state index contributed by atoms with van der Waals surface area (Å²) in [5.41, 5.74) is 11.3. The predicted molar refractivity (Wildman–Crippen MR) is 285 cm³/mol. The molecule has 6 nitrogen and oxygen atoms in total. The van der Waals surface area contributed by atoms with Crippen LogP contribution in [-0.2, 0) is 26.5 Å². The van der Waals surface area contributed by atoms with Crippen LogP contribution in [0.1, 0.15) is 25.1 Å². The van der Waals surface area contributed by atoms with E-state index in [1.165, 1.54) is 42.3 Å². The first-order valence-corrected chi connectivity index (χ1v) is 30.8. The maximum atomic E-state index is 6.67. The molecule has 5 aromatic heterocycles. The number of furan rings is 2. The second-order valence-electron chi connectivity index (χ2n) is 19.4. The molecule has 0 aliphatic heterocycles. The molecule has 0 saturated carbocycles. The van der Waals surface area contributed by atoms with Crippen molar-refractivity contribution in [3.05, 3.63) is 187 Å². The summed E-state index contributed by atoms with van der Waals surface area (Å²) in [6.07, 6.45) is 3.19. The molecule has 13 aromatic rings. The number of para-hydroxylation sites is 2. The molecule has 0 atom stereocenters. The second kappa shape index (κ2) is 17.6. The van der Waals surface area contributed by atoms with Crippen LogP contribution in [0.5, 0.6) is 0 Å². The molecule has 0 aliphatic carbocycles. The molecule has 0 fully saturated rings. The summed E-state index contributed by atoms with van der Waals surface area (Å²) in [7, 11) is 0. The summed E-state index contributed by atoms with van der Waals surface area (Å²) < 4.78 is 16.6. The SMILES string of the molecule is Cc1ccc2c(n1)oc1c(-c3cc(CC(C)C)[c]([Ge]([CH3])([CH3])[CH3])cn3)[c-]ccc12.[Ir].[c-]1ccc2c(oc3cc4c(ccc5ccccc54)cc32)c1-c1nc2ccccc2n1-c1ccc2ccccc2c1. The number of pyridine rings is 2. The number of nitrogens with zero attached hydrogens (tertiary/aromatic N) is 4. The monoisotopic (exact) mass is 1140 g/mol. The predicted octanol–water partition coefficient (Wildman–Crippen LogP) is 15.7. The normalized spacial score (nSPS) is 12.0. The van der Waals surface area contributed by atoms with Gasteiger partial charge in [0.1, 0.15) is 5.58 Å². The number of hydrogen-bond acceptors (Lipinski definition) is 5. The van der Waals surface area contributed by atoms with Gasteiger partial charge in [-0.1, -0.05) is 89.8 Å². The fourth-order valence-corrected chi connectivity index (χ4v) is 13.3. The number of fused-ring (bicyclic) bond motifs is 11. The van der Waals surface area contributed by atoms with Gasteiger partial charge in [0.15, 0.2) is 0 Å². The molecule has 1 radical (unpaired) electrons. The standard InChI is InChI=1S/C37H21N2O.C24H27GeN2O.Ir/c1-2-10-25-20-27(19-18-23(25)8-1)39-34-15-6-5-14-33(34)38-37(39)30-13-7-12-29-32-21-26-17-16-24-9-3-4-11-28(24)31(26)22-35(32)40-36(29)30;1-15(2)12-17-13-22(26-14-21(17)25(4,5)6)20-9-7-8-18-19-11-10-16(3)27-24(19)28-23(18)20;/h1-12,14-22H;7-8,10-11,13-15H,12H2,1-6H3;/q2*-1;.